The molecule has 33 heavy (non-hydrogen) atoms. The van der Waals surface area contributed by atoms with Crippen LogP contribution in [0.5, 0.6) is 11.5 Å². The van der Waals surface area contributed by atoms with Gasteiger partial charge in [-0.25, -0.2) is 0 Å². The Morgan fingerprint density at radius 3 is 2.52 bits per heavy atom. The highest BCUT2D eigenvalue weighted by Crippen LogP contribution is 2.35. The zero-order valence-electron chi connectivity index (χ0n) is 19.1. The van der Waals surface area contributed by atoms with E-state index in [-0.39, 0.29) is 12.5 Å². The number of hydrogen-bond donors (Lipinski definition) is 2. The van der Waals surface area contributed by atoms with Gasteiger partial charge in [0, 0.05) is 24.9 Å². The van der Waals surface area contributed by atoms with Crippen LogP contribution in [0.15, 0.2) is 66.7 Å². The van der Waals surface area contributed by atoms with Crippen molar-refractivity contribution < 1.29 is 19.4 Å². The summed E-state index contributed by atoms with van der Waals surface area (Å²) in [6, 6.07) is 21.4. The fourth-order valence-corrected chi connectivity index (χ4v) is 4.00. The molecule has 1 aromatic heterocycles. The Balaban J connectivity index is 1.37. The number of fused-ring (bicyclic) bond motifs is 3. The molecule has 4 rings (SSSR count). The molecule has 0 amide bonds. The minimum atomic E-state index is -0.677. The first-order valence-electron chi connectivity index (χ1n) is 11.4. The van der Waals surface area contributed by atoms with Crippen molar-refractivity contribution in [3.63, 3.8) is 0 Å². The van der Waals surface area contributed by atoms with Gasteiger partial charge in [-0.1, -0.05) is 49.4 Å². The molecule has 0 saturated heterocycles. The maximum atomic E-state index is 12.6. The van der Waals surface area contributed by atoms with E-state index < -0.39 is 6.10 Å². The fourth-order valence-electron chi connectivity index (χ4n) is 4.00. The number of ether oxygens (including phenoxy) is 2. The number of para-hydroxylation sites is 2. The Labute approximate surface area is 193 Å². The molecule has 3 aromatic carbocycles. The smallest absolute Gasteiger partial charge is 0.231 e. The second kappa shape index (κ2) is 10.5. The van der Waals surface area contributed by atoms with Gasteiger partial charge in [-0.3, -0.25) is 9.36 Å². The molecular weight excluding hydrogens is 416 g/mol. The van der Waals surface area contributed by atoms with Crippen molar-refractivity contribution in [3.05, 3.63) is 72.3 Å². The van der Waals surface area contributed by atoms with E-state index in [1.807, 2.05) is 80.6 Å². The van der Waals surface area contributed by atoms with E-state index in [4.69, 9.17) is 9.47 Å². The summed E-state index contributed by atoms with van der Waals surface area (Å²) in [6.45, 7) is 5.55. The van der Waals surface area contributed by atoms with E-state index in [1.165, 1.54) is 0 Å². The third kappa shape index (κ3) is 5.02. The van der Waals surface area contributed by atoms with Crippen LogP contribution in [-0.4, -0.2) is 48.0 Å². The van der Waals surface area contributed by atoms with Gasteiger partial charge in [-0.05, 0) is 36.8 Å². The lowest BCUT2D eigenvalue weighted by Crippen LogP contribution is -2.33. The predicted octanol–water partition coefficient (Wildman–Crippen LogP) is 4.56. The van der Waals surface area contributed by atoms with Crippen LogP contribution in [0, 0.1) is 6.92 Å². The number of aryl methyl sites for hydroxylation is 1. The Morgan fingerprint density at radius 2 is 1.70 bits per heavy atom. The highest BCUT2D eigenvalue weighted by molar-refractivity contribution is 6.15. The van der Waals surface area contributed by atoms with Gasteiger partial charge in [0.1, 0.15) is 30.8 Å². The largest absolute Gasteiger partial charge is 0.492 e. The Hall–Kier alpha value is -3.35. The first-order chi connectivity index (χ1) is 16.1. The molecule has 0 aliphatic rings. The molecule has 1 heterocycles. The van der Waals surface area contributed by atoms with Crippen LogP contribution >= 0.6 is 0 Å². The summed E-state index contributed by atoms with van der Waals surface area (Å²) in [4.78, 5) is 12.6. The molecule has 0 aliphatic heterocycles. The Morgan fingerprint density at radius 1 is 0.970 bits per heavy atom. The highest BCUT2D eigenvalue weighted by atomic mass is 16.5. The first kappa shape index (κ1) is 22.8. The number of carbonyl (C=O) groups excluding carboxylic acids is 1. The highest BCUT2D eigenvalue weighted by Gasteiger charge is 2.18. The quantitative estimate of drug-likeness (QED) is 0.350. The van der Waals surface area contributed by atoms with E-state index in [2.05, 4.69) is 5.32 Å². The Kier molecular flexibility index (Phi) is 7.27. The van der Waals surface area contributed by atoms with Gasteiger partial charge in [0.2, 0.25) is 5.91 Å². The zero-order valence-corrected chi connectivity index (χ0v) is 19.1. The number of rotatable bonds is 10. The second-order valence-electron chi connectivity index (χ2n) is 8.03. The monoisotopic (exact) mass is 446 g/mol. The second-order valence-corrected chi connectivity index (χ2v) is 8.03. The average Bonchev–Trinajstić information content (AvgIpc) is 3.18. The van der Waals surface area contributed by atoms with Gasteiger partial charge in [0.25, 0.3) is 0 Å². The number of nitrogens with zero attached hydrogens (tertiary/aromatic N) is 1. The number of aliphatic hydroxyl groups excluding tert-OH is 1. The van der Waals surface area contributed by atoms with Gasteiger partial charge in [0.05, 0.1) is 16.4 Å². The van der Waals surface area contributed by atoms with Crippen LogP contribution in [0.3, 0.4) is 0 Å². The van der Waals surface area contributed by atoms with E-state index in [9.17, 15) is 9.90 Å². The van der Waals surface area contributed by atoms with Crippen molar-refractivity contribution >= 4 is 27.7 Å². The average molecular weight is 447 g/mol. The number of hydrogen-bond acceptors (Lipinski definition) is 5. The van der Waals surface area contributed by atoms with Crippen molar-refractivity contribution in [3.8, 4) is 11.5 Å². The third-order valence-electron chi connectivity index (χ3n) is 5.65. The molecule has 0 saturated carbocycles. The van der Waals surface area contributed by atoms with Crippen LogP contribution in [0.2, 0.25) is 0 Å². The van der Waals surface area contributed by atoms with Gasteiger partial charge in [0.15, 0.2) is 0 Å². The van der Waals surface area contributed by atoms with Crippen LogP contribution in [-0.2, 0) is 0 Å². The summed E-state index contributed by atoms with van der Waals surface area (Å²) >= 11 is 0. The van der Waals surface area contributed by atoms with E-state index >= 15 is 0 Å². The standard InChI is InChI=1S/C27H30N2O4/c1-3-26(31)29-22-11-6-5-10-21(22)27-23(29)12-8-14-25(27)33-18-20(30)17-28-15-16-32-24-13-7-4-9-19(24)2/h4-14,20,28,30H,3,15-18H2,1-2H3. The number of aliphatic hydroxyl groups is 1. The molecule has 6 heteroatoms. The topological polar surface area (TPSA) is 72.7 Å². The summed E-state index contributed by atoms with van der Waals surface area (Å²) in [5.41, 5.74) is 2.79. The fraction of sp³-hybridized carbons (Fsp3) is 0.296. The van der Waals surface area contributed by atoms with Crippen molar-refractivity contribution in [2.75, 3.05) is 26.3 Å². The SMILES string of the molecule is CCC(=O)n1c2ccccc2c2c(OCC(O)CNCCOc3ccccc3C)cccc21. The maximum absolute atomic E-state index is 12.6. The van der Waals surface area contributed by atoms with Crippen molar-refractivity contribution in [1.29, 1.82) is 0 Å². The van der Waals surface area contributed by atoms with Crippen LogP contribution in [0.25, 0.3) is 21.8 Å². The third-order valence-corrected chi connectivity index (χ3v) is 5.65. The van der Waals surface area contributed by atoms with Crippen LogP contribution in [0.1, 0.15) is 23.7 Å². The first-order valence-corrected chi connectivity index (χ1v) is 11.4. The molecule has 6 nitrogen and oxygen atoms in total. The predicted molar refractivity (Wildman–Crippen MR) is 131 cm³/mol. The summed E-state index contributed by atoms with van der Waals surface area (Å²) < 4.78 is 13.5. The minimum absolute atomic E-state index is 0.0375. The lowest BCUT2D eigenvalue weighted by atomic mass is 10.1. The summed E-state index contributed by atoms with van der Waals surface area (Å²) in [5.74, 6) is 1.57. The molecular formula is C27H30N2O4. The summed E-state index contributed by atoms with van der Waals surface area (Å²) in [7, 11) is 0. The lowest BCUT2D eigenvalue weighted by molar-refractivity contribution is 0.0918. The normalized spacial score (nSPS) is 12.2. The van der Waals surface area contributed by atoms with E-state index in [0.717, 1.165) is 33.1 Å². The summed E-state index contributed by atoms with van der Waals surface area (Å²) in [5, 5.41) is 15.5. The number of carbonyl (C=O) groups is 1. The van der Waals surface area contributed by atoms with Crippen molar-refractivity contribution in [1.82, 2.24) is 9.88 Å². The molecule has 1 atom stereocenters. The van der Waals surface area contributed by atoms with Gasteiger partial charge < -0.3 is 19.9 Å². The van der Waals surface area contributed by atoms with E-state index in [1.54, 1.807) is 4.57 Å². The molecule has 1 unspecified atom stereocenters. The lowest BCUT2D eigenvalue weighted by Gasteiger charge is -2.15. The van der Waals surface area contributed by atoms with Gasteiger partial charge in [-0.2, -0.15) is 0 Å². The Bertz CT molecular complexity index is 1250. The number of aromatic nitrogens is 1. The van der Waals surface area contributed by atoms with E-state index in [0.29, 0.717) is 31.9 Å². The van der Waals surface area contributed by atoms with Crippen LogP contribution < -0.4 is 14.8 Å². The number of benzene rings is 3. The van der Waals surface area contributed by atoms with Gasteiger partial charge in [-0.15, -0.1) is 0 Å². The molecule has 0 radical (unpaired) electrons. The van der Waals surface area contributed by atoms with Gasteiger partial charge >= 0.3 is 0 Å². The number of nitrogens with one attached hydrogen (secondary N) is 1. The van der Waals surface area contributed by atoms with Crippen LogP contribution in [0.4, 0.5) is 0 Å². The maximum Gasteiger partial charge on any atom is 0.231 e. The van der Waals surface area contributed by atoms with Crippen molar-refractivity contribution in [2.45, 2.75) is 26.4 Å². The molecule has 0 spiro atoms. The minimum Gasteiger partial charge on any atom is -0.492 e. The molecule has 0 aliphatic carbocycles. The molecule has 0 fully saturated rings. The molecule has 0 bridgehead atoms. The van der Waals surface area contributed by atoms with Crippen molar-refractivity contribution in [2.24, 2.45) is 0 Å². The molecule has 172 valence electrons. The summed E-state index contributed by atoms with van der Waals surface area (Å²) in [6.07, 6.45) is -0.263. The molecule has 2 N–H and O–H groups in total. The molecule has 4 aromatic rings. The zero-order chi connectivity index (χ0) is 23.2.